The van der Waals surface area contributed by atoms with Gasteiger partial charge in [-0.1, -0.05) is 41.0 Å². The summed E-state index contributed by atoms with van der Waals surface area (Å²) in [6, 6.07) is -1.90. The smallest absolute Gasteiger partial charge is 0.328 e. The summed E-state index contributed by atoms with van der Waals surface area (Å²) in [4.78, 5) is 39.5. The number of unbranched alkanes of at least 4 members (excludes halogenated alkanes) is 1. The number of likely N-dealkylation sites (tertiary alicyclic amines) is 1. The first-order chi connectivity index (χ1) is 12.7. The maximum absolute atomic E-state index is 13.1. The van der Waals surface area contributed by atoms with Crippen LogP contribution in [0.3, 0.4) is 0 Å². The Morgan fingerprint density at radius 1 is 1.22 bits per heavy atom. The molecule has 0 unspecified atom stereocenters. The van der Waals surface area contributed by atoms with Gasteiger partial charge in [-0.05, 0) is 37.5 Å². The van der Waals surface area contributed by atoms with Gasteiger partial charge < -0.3 is 20.7 Å². The Morgan fingerprint density at radius 2 is 1.89 bits per heavy atom. The van der Waals surface area contributed by atoms with E-state index in [-0.39, 0.29) is 29.6 Å². The molecular weight excluding hydrogens is 346 g/mol. The normalized spacial score (nSPS) is 19.3. The van der Waals surface area contributed by atoms with Crippen LogP contribution in [-0.2, 0) is 19.1 Å². The second kappa shape index (κ2) is 11.3. The SMILES string of the molecule is CCCCOC(=O)[C@@H]1CCCN1C(=O)[C@H](CC(C)C)NC(=O)[C@@H](N)C(C)C. The van der Waals surface area contributed by atoms with Gasteiger partial charge in [-0.15, -0.1) is 0 Å². The molecule has 0 radical (unpaired) electrons. The Morgan fingerprint density at radius 3 is 2.44 bits per heavy atom. The quantitative estimate of drug-likeness (QED) is 0.443. The van der Waals surface area contributed by atoms with Gasteiger partial charge in [0, 0.05) is 6.54 Å². The number of carbonyl (C=O) groups is 3. The molecule has 1 rings (SSSR count). The van der Waals surface area contributed by atoms with Crippen LogP contribution in [0.25, 0.3) is 0 Å². The van der Waals surface area contributed by atoms with E-state index in [0.717, 1.165) is 19.3 Å². The summed E-state index contributed by atoms with van der Waals surface area (Å²) in [5, 5.41) is 2.81. The molecule has 0 aromatic heterocycles. The van der Waals surface area contributed by atoms with E-state index in [1.54, 1.807) is 4.90 Å². The van der Waals surface area contributed by atoms with Crippen molar-refractivity contribution in [3.63, 3.8) is 0 Å². The number of carbonyl (C=O) groups excluding carboxylic acids is 3. The summed E-state index contributed by atoms with van der Waals surface area (Å²) in [5.41, 5.74) is 5.93. The van der Waals surface area contributed by atoms with Crippen molar-refractivity contribution in [3.8, 4) is 0 Å². The van der Waals surface area contributed by atoms with Crippen molar-refractivity contribution in [2.75, 3.05) is 13.2 Å². The molecule has 1 heterocycles. The Kier molecular flexibility index (Phi) is 9.77. The first kappa shape index (κ1) is 23.4. The van der Waals surface area contributed by atoms with Crippen LogP contribution in [-0.4, -0.2) is 54.0 Å². The van der Waals surface area contributed by atoms with Gasteiger partial charge in [0.2, 0.25) is 11.8 Å². The highest BCUT2D eigenvalue weighted by Gasteiger charge is 2.39. The first-order valence-electron chi connectivity index (χ1n) is 10.2. The van der Waals surface area contributed by atoms with Crippen LogP contribution in [0.4, 0.5) is 0 Å². The second-order valence-electron chi connectivity index (χ2n) is 8.17. The zero-order valence-electron chi connectivity index (χ0n) is 17.5. The Hall–Kier alpha value is -1.63. The molecule has 7 heteroatoms. The lowest BCUT2D eigenvalue weighted by atomic mass is 10.00. The fourth-order valence-electron chi connectivity index (χ4n) is 3.15. The van der Waals surface area contributed by atoms with Gasteiger partial charge in [0.05, 0.1) is 12.6 Å². The summed E-state index contributed by atoms with van der Waals surface area (Å²) in [7, 11) is 0. The van der Waals surface area contributed by atoms with Crippen LogP contribution in [0.1, 0.15) is 66.7 Å². The van der Waals surface area contributed by atoms with E-state index in [2.05, 4.69) is 5.32 Å². The van der Waals surface area contributed by atoms with Crippen molar-refractivity contribution in [1.29, 1.82) is 0 Å². The predicted molar refractivity (Wildman–Crippen MR) is 105 cm³/mol. The highest BCUT2D eigenvalue weighted by atomic mass is 16.5. The Bertz CT molecular complexity index is 507. The summed E-state index contributed by atoms with van der Waals surface area (Å²) in [6.45, 7) is 10.6. The lowest BCUT2D eigenvalue weighted by Gasteiger charge is -2.30. The molecule has 1 fully saturated rings. The standard InChI is InChI=1S/C20H37N3O4/c1-6-7-11-27-20(26)16-9-8-10-23(16)19(25)15(12-13(2)3)22-18(24)17(21)14(4)5/h13-17H,6-12,21H2,1-5H3,(H,22,24)/t15-,16-,17-/m0/s1. The molecule has 1 aliphatic rings. The van der Waals surface area contributed by atoms with E-state index >= 15 is 0 Å². The number of nitrogens with one attached hydrogen (secondary N) is 1. The van der Waals surface area contributed by atoms with Crippen molar-refractivity contribution in [1.82, 2.24) is 10.2 Å². The second-order valence-corrected chi connectivity index (χ2v) is 8.17. The molecule has 2 amide bonds. The van der Waals surface area contributed by atoms with Crippen LogP contribution in [0, 0.1) is 11.8 Å². The summed E-state index contributed by atoms with van der Waals surface area (Å²) >= 11 is 0. The van der Waals surface area contributed by atoms with Gasteiger partial charge in [0.1, 0.15) is 12.1 Å². The van der Waals surface area contributed by atoms with Gasteiger partial charge in [0.15, 0.2) is 0 Å². The van der Waals surface area contributed by atoms with Crippen LogP contribution in [0.15, 0.2) is 0 Å². The minimum absolute atomic E-state index is 0.0205. The number of ether oxygens (including phenoxy) is 1. The third kappa shape index (κ3) is 7.13. The van der Waals surface area contributed by atoms with E-state index in [1.807, 2.05) is 34.6 Å². The molecule has 7 nitrogen and oxygen atoms in total. The van der Waals surface area contributed by atoms with E-state index in [1.165, 1.54) is 0 Å². The van der Waals surface area contributed by atoms with Crippen LogP contribution >= 0.6 is 0 Å². The Labute approximate surface area is 163 Å². The van der Waals surface area contributed by atoms with Crippen molar-refractivity contribution in [3.05, 3.63) is 0 Å². The van der Waals surface area contributed by atoms with Crippen molar-refractivity contribution < 1.29 is 19.1 Å². The number of amides is 2. The molecule has 1 saturated heterocycles. The van der Waals surface area contributed by atoms with E-state index in [4.69, 9.17) is 10.5 Å². The average Bonchev–Trinajstić information content (AvgIpc) is 3.09. The molecule has 0 aromatic rings. The van der Waals surface area contributed by atoms with Gasteiger partial charge >= 0.3 is 5.97 Å². The van der Waals surface area contributed by atoms with Gasteiger partial charge in [0.25, 0.3) is 0 Å². The predicted octanol–water partition coefficient (Wildman–Crippen LogP) is 1.83. The van der Waals surface area contributed by atoms with Gasteiger partial charge in [-0.2, -0.15) is 0 Å². The van der Waals surface area contributed by atoms with Crippen LogP contribution in [0.2, 0.25) is 0 Å². The third-order valence-electron chi connectivity index (χ3n) is 4.89. The number of rotatable bonds is 10. The number of hydrogen-bond acceptors (Lipinski definition) is 5. The zero-order chi connectivity index (χ0) is 20.6. The number of nitrogens with two attached hydrogens (primary N) is 1. The van der Waals surface area contributed by atoms with Gasteiger partial charge in [-0.25, -0.2) is 4.79 Å². The highest BCUT2D eigenvalue weighted by molar-refractivity contribution is 5.92. The third-order valence-corrected chi connectivity index (χ3v) is 4.89. The van der Waals surface area contributed by atoms with E-state index < -0.39 is 18.1 Å². The largest absolute Gasteiger partial charge is 0.464 e. The molecule has 0 aliphatic carbocycles. The fraction of sp³-hybridized carbons (Fsp3) is 0.850. The number of hydrogen-bond donors (Lipinski definition) is 2. The molecule has 0 spiro atoms. The van der Waals surface area contributed by atoms with Crippen molar-refractivity contribution in [2.24, 2.45) is 17.6 Å². The molecule has 3 N–H and O–H groups in total. The molecule has 27 heavy (non-hydrogen) atoms. The molecule has 1 aliphatic heterocycles. The zero-order valence-corrected chi connectivity index (χ0v) is 17.5. The van der Waals surface area contributed by atoms with Gasteiger partial charge in [-0.3, -0.25) is 9.59 Å². The summed E-state index contributed by atoms with van der Waals surface area (Å²) in [6.07, 6.45) is 3.62. The molecular formula is C20H37N3O4. The first-order valence-corrected chi connectivity index (χ1v) is 10.2. The minimum Gasteiger partial charge on any atom is -0.464 e. The van der Waals surface area contributed by atoms with Crippen LogP contribution in [0.5, 0.6) is 0 Å². The lowest BCUT2D eigenvalue weighted by molar-refractivity contribution is -0.154. The highest BCUT2D eigenvalue weighted by Crippen LogP contribution is 2.21. The molecule has 156 valence electrons. The summed E-state index contributed by atoms with van der Waals surface area (Å²) in [5.74, 6) is -0.698. The summed E-state index contributed by atoms with van der Waals surface area (Å²) < 4.78 is 5.32. The molecule has 3 atom stereocenters. The van der Waals surface area contributed by atoms with E-state index in [0.29, 0.717) is 26.0 Å². The lowest BCUT2D eigenvalue weighted by Crippen LogP contribution is -2.55. The van der Waals surface area contributed by atoms with Crippen molar-refractivity contribution in [2.45, 2.75) is 84.8 Å². The number of nitrogens with zero attached hydrogens (tertiary/aromatic N) is 1. The molecule has 0 aromatic carbocycles. The molecule has 0 bridgehead atoms. The topological polar surface area (TPSA) is 102 Å². The van der Waals surface area contributed by atoms with E-state index in [9.17, 15) is 14.4 Å². The van der Waals surface area contributed by atoms with Crippen LogP contribution < -0.4 is 11.1 Å². The maximum atomic E-state index is 13.1. The fourth-order valence-corrected chi connectivity index (χ4v) is 3.15. The minimum atomic E-state index is -0.675. The maximum Gasteiger partial charge on any atom is 0.328 e. The van der Waals surface area contributed by atoms with Crippen molar-refractivity contribution >= 4 is 17.8 Å². The monoisotopic (exact) mass is 383 g/mol. The Balaban J connectivity index is 2.83. The number of esters is 1. The average molecular weight is 384 g/mol. The molecule has 0 saturated carbocycles.